The molecule has 0 spiro atoms. The number of aromatic amines is 1. The first kappa shape index (κ1) is 19.9. The molecule has 1 aliphatic heterocycles. The van der Waals surface area contributed by atoms with Crippen molar-refractivity contribution in [1.29, 1.82) is 0 Å². The molecule has 0 radical (unpaired) electrons. The number of phenols is 1. The zero-order chi connectivity index (χ0) is 22.1. The van der Waals surface area contributed by atoms with E-state index in [2.05, 4.69) is 15.2 Å². The summed E-state index contributed by atoms with van der Waals surface area (Å²) in [5.74, 6) is 0.872. The topological polar surface area (TPSA) is 96.3 Å². The number of aryl methyl sites for hydroxylation is 1. The molecule has 2 N–H and O–H groups in total. The van der Waals surface area contributed by atoms with Crippen LogP contribution in [-0.4, -0.2) is 49.3 Å². The number of aromatic hydroxyl groups is 1. The highest BCUT2D eigenvalue weighted by molar-refractivity contribution is 6.00. The monoisotopic (exact) mass is 429 g/mol. The summed E-state index contributed by atoms with van der Waals surface area (Å²) in [4.78, 5) is 19.3. The number of rotatable bonds is 7. The third kappa shape index (κ3) is 3.49. The standard InChI is InChI=1S/C24H23N5O3/c1-32-19-9-5-16(6-10-19)21-20-22(27-26-21)24(31)29(13-2-12-28-14-11-25-15-28)23(20)17-3-7-18(30)8-4-17/h3-11,14-15,23,30H,2,12-13H2,1H3,(H,26,27). The minimum atomic E-state index is -0.295. The number of carbonyl (C=O) groups excluding carboxylic acids is 1. The summed E-state index contributed by atoms with van der Waals surface area (Å²) < 4.78 is 7.27. The van der Waals surface area contributed by atoms with E-state index in [-0.39, 0.29) is 17.7 Å². The third-order valence-electron chi connectivity index (χ3n) is 5.81. The molecule has 32 heavy (non-hydrogen) atoms. The maximum atomic E-state index is 13.4. The van der Waals surface area contributed by atoms with Crippen molar-refractivity contribution in [2.75, 3.05) is 13.7 Å². The highest BCUT2D eigenvalue weighted by Crippen LogP contribution is 2.43. The van der Waals surface area contributed by atoms with Gasteiger partial charge >= 0.3 is 0 Å². The zero-order valence-electron chi connectivity index (χ0n) is 17.6. The second kappa shape index (κ2) is 8.22. The Bertz CT molecular complexity index is 1210. The maximum Gasteiger partial charge on any atom is 0.273 e. The van der Waals surface area contributed by atoms with Crippen molar-refractivity contribution in [1.82, 2.24) is 24.6 Å². The van der Waals surface area contributed by atoms with Crippen LogP contribution in [0.15, 0.2) is 67.3 Å². The molecule has 1 amide bonds. The van der Waals surface area contributed by atoms with Crippen molar-refractivity contribution < 1.29 is 14.6 Å². The summed E-state index contributed by atoms with van der Waals surface area (Å²) in [6.45, 7) is 1.34. The Morgan fingerprint density at radius 1 is 1.09 bits per heavy atom. The van der Waals surface area contributed by atoms with Gasteiger partial charge in [0.15, 0.2) is 0 Å². The van der Waals surface area contributed by atoms with Crippen molar-refractivity contribution >= 4 is 5.91 Å². The molecule has 0 saturated heterocycles. The van der Waals surface area contributed by atoms with Gasteiger partial charge in [-0.2, -0.15) is 5.10 Å². The number of amides is 1. The van der Waals surface area contributed by atoms with Crippen molar-refractivity contribution in [3.05, 3.63) is 84.1 Å². The molecule has 1 aliphatic rings. The molecular weight excluding hydrogens is 406 g/mol. The van der Waals surface area contributed by atoms with Gasteiger partial charge in [0.05, 0.1) is 25.2 Å². The fourth-order valence-electron chi connectivity index (χ4n) is 4.24. The quantitative estimate of drug-likeness (QED) is 0.468. The molecule has 1 unspecified atom stereocenters. The summed E-state index contributed by atoms with van der Waals surface area (Å²) >= 11 is 0. The van der Waals surface area contributed by atoms with E-state index >= 15 is 0 Å². The Morgan fingerprint density at radius 2 is 1.88 bits per heavy atom. The van der Waals surface area contributed by atoms with Crippen LogP contribution in [0, 0.1) is 0 Å². The summed E-state index contributed by atoms with van der Waals surface area (Å²) in [6, 6.07) is 14.4. The fraction of sp³-hybridized carbons (Fsp3) is 0.208. The third-order valence-corrected chi connectivity index (χ3v) is 5.81. The van der Waals surface area contributed by atoms with E-state index in [1.54, 1.807) is 31.8 Å². The predicted molar refractivity (Wildman–Crippen MR) is 118 cm³/mol. The van der Waals surface area contributed by atoms with Gasteiger partial charge < -0.3 is 19.3 Å². The number of nitrogens with one attached hydrogen (secondary N) is 1. The lowest BCUT2D eigenvalue weighted by atomic mass is 9.96. The van der Waals surface area contributed by atoms with Crippen molar-refractivity contribution in [2.45, 2.75) is 19.0 Å². The van der Waals surface area contributed by atoms with E-state index in [0.717, 1.165) is 41.1 Å². The fourth-order valence-corrected chi connectivity index (χ4v) is 4.24. The average molecular weight is 429 g/mol. The number of hydrogen-bond donors (Lipinski definition) is 2. The van der Waals surface area contributed by atoms with E-state index in [4.69, 9.17) is 4.74 Å². The van der Waals surface area contributed by atoms with Crippen LogP contribution in [0.4, 0.5) is 0 Å². The Kier molecular flexibility index (Phi) is 5.10. The molecule has 162 valence electrons. The molecule has 1 atom stereocenters. The number of carbonyl (C=O) groups is 1. The number of benzene rings is 2. The Morgan fingerprint density at radius 3 is 2.56 bits per heavy atom. The first-order valence-corrected chi connectivity index (χ1v) is 10.4. The lowest BCUT2D eigenvalue weighted by Crippen LogP contribution is -2.31. The minimum absolute atomic E-state index is 0.0732. The van der Waals surface area contributed by atoms with E-state index in [1.807, 2.05) is 52.1 Å². The summed E-state index contributed by atoms with van der Waals surface area (Å²) in [7, 11) is 1.63. The number of fused-ring (bicyclic) bond motifs is 1. The van der Waals surface area contributed by atoms with Crippen molar-refractivity contribution in [3.63, 3.8) is 0 Å². The maximum absolute atomic E-state index is 13.4. The van der Waals surface area contributed by atoms with Gasteiger partial charge in [-0.15, -0.1) is 0 Å². The molecule has 8 heteroatoms. The van der Waals surface area contributed by atoms with Crippen LogP contribution in [-0.2, 0) is 6.54 Å². The SMILES string of the molecule is COc1ccc(-c2n[nH]c3c2C(c2ccc(O)cc2)N(CCCn2ccnc2)C3=O)cc1. The van der Waals surface area contributed by atoms with Gasteiger partial charge in [0.1, 0.15) is 17.2 Å². The Balaban J connectivity index is 1.51. The number of H-pyrrole nitrogens is 1. The van der Waals surface area contributed by atoms with Crippen LogP contribution in [0.25, 0.3) is 11.3 Å². The zero-order valence-corrected chi connectivity index (χ0v) is 17.6. The van der Waals surface area contributed by atoms with E-state index in [1.165, 1.54) is 0 Å². The number of ether oxygens (including phenoxy) is 1. The Labute approximate surface area is 185 Å². The molecule has 2 aromatic heterocycles. The van der Waals surface area contributed by atoms with Crippen LogP contribution < -0.4 is 4.74 Å². The van der Waals surface area contributed by atoms with E-state index < -0.39 is 0 Å². The van der Waals surface area contributed by atoms with Crippen LogP contribution in [0.1, 0.15) is 34.1 Å². The molecule has 0 saturated carbocycles. The summed E-state index contributed by atoms with van der Waals surface area (Å²) in [6.07, 6.45) is 6.22. The molecule has 0 aliphatic carbocycles. The largest absolute Gasteiger partial charge is 0.508 e. The molecule has 2 aromatic carbocycles. The number of nitrogens with zero attached hydrogens (tertiary/aromatic N) is 4. The second-order valence-corrected chi connectivity index (χ2v) is 7.74. The van der Waals surface area contributed by atoms with Crippen molar-refractivity contribution in [2.24, 2.45) is 0 Å². The molecule has 3 heterocycles. The van der Waals surface area contributed by atoms with Gasteiger partial charge in [0.2, 0.25) is 0 Å². The molecule has 4 aromatic rings. The normalized spacial score (nSPS) is 15.2. The van der Waals surface area contributed by atoms with Gasteiger partial charge in [0.25, 0.3) is 5.91 Å². The van der Waals surface area contributed by atoms with Gasteiger partial charge in [-0.25, -0.2) is 4.98 Å². The number of imidazole rings is 1. The van der Waals surface area contributed by atoms with Gasteiger partial charge in [-0.1, -0.05) is 12.1 Å². The smallest absolute Gasteiger partial charge is 0.273 e. The van der Waals surface area contributed by atoms with Crippen molar-refractivity contribution in [3.8, 4) is 22.8 Å². The highest BCUT2D eigenvalue weighted by Gasteiger charge is 2.41. The summed E-state index contributed by atoms with van der Waals surface area (Å²) in [5, 5.41) is 17.2. The number of aromatic nitrogens is 4. The van der Waals surface area contributed by atoms with Gasteiger partial charge in [-0.05, 0) is 48.4 Å². The van der Waals surface area contributed by atoms with Gasteiger partial charge in [-0.3, -0.25) is 9.89 Å². The molecule has 0 fully saturated rings. The lowest BCUT2D eigenvalue weighted by molar-refractivity contribution is 0.0739. The van der Waals surface area contributed by atoms with Crippen LogP contribution in [0.2, 0.25) is 0 Å². The first-order valence-electron chi connectivity index (χ1n) is 10.4. The molecule has 8 nitrogen and oxygen atoms in total. The average Bonchev–Trinajstić information content (AvgIpc) is 3.54. The van der Waals surface area contributed by atoms with E-state index in [9.17, 15) is 9.90 Å². The minimum Gasteiger partial charge on any atom is -0.508 e. The van der Waals surface area contributed by atoms with Crippen LogP contribution in [0.5, 0.6) is 11.5 Å². The molecule has 0 bridgehead atoms. The highest BCUT2D eigenvalue weighted by atomic mass is 16.5. The Hall–Kier alpha value is -4.07. The van der Waals surface area contributed by atoms with Gasteiger partial charge in [0, 0.05) is 36.6 Å². The van der Waals surface area contributed by atoms with Crippen LogP contribution >= 0.6 is 0 Å². The van der Waals surface area contributed by atoms with E-state index in [0.29, 0.717) is 12.2 Å². The first-order chi connectivity index (χ1) is 15.7. The molecular formula is C24H23N5O3. The number of phenolic OH excluding ortho intramolecular Hbond substituents is 1. The van der Waals surface area contributed by atoms with Crippen LogP contribution in [0.3, 0.4) is 0 Å². The number of methoxy groups -OCH3 is 1. The number of hydrogen-bond acceptors (Lipinski definition) is 5. The molecule has 5 rings (SSSR count). The predicted octanol–water partition coefficient (Wildman–Crippen LogP) is 3.62. The second-order valence-electron chi connectivity index (χ2n) is 7.74. The lowest BCUT2D eigenvalue weighted by Gasteiger charge is -2.26. The summed E-state index contributed by atoms with van der Waals surface area (Å²) in [5.41, 5.74) is 3.94.